The van der Waals surface area contributed by atoms with E-state index >= 15 is 0 Å². The molecule has 0 aliphatic carbocycles. The number of aromatic nitrogens is 1. The summed E-state index contributed by atoms with van der Waals surface area (Å²) in [7, 11) is 0. The third-order valence-corrected chi connectivity index (χ3v) is 3.60. The van der Waals surface area contributed by atoms with Gasteiger partial charge in [0, 0.05) is 26.3 Å². The number of hydrogen-bond donors (Lipinski definition) is 0. The van der Waals surface area contributed by atoms with E-state index in [4.69, 9.17) is 0 Å². The van der Waals surface area contributed by atoms with Crippen molar-refractivity contribution in [3.05, 3.63) is 79.0 Å². The predicted molar refractivity (Wildman–Crippen MR) is 83.5 cm³/mol. The van der Waals surface area contributed by atoms with Crippen LogP contribution in [0.3, 0.4) is 0 Å². The molecule has 21 heavy (non-hydrogen) atoms. The first-order chi connectivity index (χ1) is 9.92. The van der Waals surface area contributed by atoms with Crippen LogP contribution in [0, 0.1) is 6.07 Å². The molecule has 0 spiro atoms. The minimum Gasteiger partial charge on any atom is -0.305 e. The molecule has 0 saturated heterocycles. The summed E-state index contributed by atoms with van der Waals surface area (Å²) in [6.45, 7) is 0. The zero-order valence-electron chi connectivity index (χ0n) is 11.2. The molecule has 0 atom stereocenters. The second-order valence-electron chi connectivity index (χ2n) is 4.85. The topological polar surface area (TPSA) is 12.9 Å². The molecule has 0 amide bonds. The maximum Gasteiger partial charge on any atom is 0.0160 e. The van der Waals surface area contributed by atoms with Gasteiger partial charge in [-0.1, -0.05) is 53.9 Å². The second-order valence-corrected chi connectivity index (χ2v) is 4.85. The van der Waals surface area contributed by atoms with E-state index in [2.05, 4.69) is 53.5 Å². The Morgan fingerprint density at radius 2 is 1.52 bits per heavy atom. The molecule has 1 nitrogen and oxygen atoms in total. The van der Waals surface area contributed by atoms with Crippen LogP contribution in [0.5, 0.6) is 0 Å². The van der Waals surface area contributed by atoms with Crippen LogP contribution < -0.4 is 0 Å². The zero-order valence-corrected chi connectivity index (χ0v) is 13.6. The van der Waals surface area contributed by atoms with Crippen molar-refractivity contribution in [2.45, 2.75) is 0 Å². The van der Waals surface area contributed by atoms with Crippen molar-refractivity contribution in [2.24, 2.45) is 0 Å². The van der Waals surface area contributed by atoms with Gasteiger partial charge in [0.15, 0.2) is 0 Å². The van der Waals surface area contributed by atoms with Gasteiger partial charge in [0.2, 0.25) is 0 Å². The quantitative estimate of drug-likeness (QED) is 0.301. The summed E-state index contributed by atoms with van der Waals surface area (Å²) in [5.41, 5.74) is 2.03. The Balaban J connectivity index is 0.00000132. The molecule has 0 unspecified atom stereocenters. The standard InChI is InChI=1S/C19H12N.Ir/c1-2-7-15-13-18-16(12-14(15)6-1)8-5-9-17(18)19-10-3-4-11-20-19;/h1-8,10-13H;/q-1;. The Morgan fingerprint density at radius 1 is 0.762 bits per heavy atom. The van der Waals surface area contributed by atoms with E-state index in [1.165, 1.54) is 21.5 Å². The van der Waals surface area contributed by atoms with Gasteiger partial charge in [-0.2, -0.15) is 0 Å². The van der Waals surface area contributed by atoms with Gasteiger partial charge in [0.05, 0.1) is 0 Å². The minimum absolute atomic E-state index is 0. The Morgan fingerprint density at radius 3 is 2.29 bits per heavy atom. The smallest absolute Gasteiger partial charge is 0.0160 e. The molecule has 3 aromatic carbocycles. The van der Waals surface area contributed by atoms with Crippen LogP contribution in [0.15, 0.2) is 72.9 Å². The summed E-state index contributed by atoms with van der Waals surface area (Å²) < 4.78 is 0. The fourth-order valence-corrected chi connectivity index (χ4v) is 2.63. The largest absolute Gasteiger partial charge is 0.305 e. The summed E-state index contributed by atoms with van der Waals surface area (Å²) in [6.07, 6.45) is 1.82. The maximum absolute atomic E-state index is 4.45. The molecule has 4 aromatic rings. The molecule has 0 N–H and O–H groups in total. The van der Waals surface area contributed by atoms with Gasteiger partial charge in [-0.05, 0) is 22.5 Å². The SMILES string of the molecule is [Ir].[c-]1ccc2cc3ccccc3cc2c1-c1ccccn1. The molecular weight excluding hydrogens is 434 g/mol. The van der Waals surface area contributed by atoms with E-state index in [1.54, 1.807) is 0 Å². The molecule has 0 aliphatic heterocycles. The molecular formula is C19H12IrN-. The van der Waals surface area contributed by atoms with Crippen LogP contribution in [0.2, 0.25) is 0 Å². The fourth-order valence-electron chi connectivity index (χ4n) is 2.63. The Hall–Kier alpha value is -2.02. The average molecular weight is 447 g/mol. The van der Waals surface area contributed by atoms with Crippen molar-refractivity contribution >= 4 is 21.5 Å². The van der Waals surface area contributed by atoms with Gasteiger partial charge in [-0.15, -0.1) is 29.1 Å². The van der Waals surface area contributed by atoms with Gasteiger partial charge in [0.25, 0.3) is 0 Å². The van der Waals surface area contributed by atoms with Gasteiger partial charge >= 0.3 is 0 Å². The van der Waals surface area contributed by atoms with Crippen LogP contribution in [0.1, 0.15) is 0 Å². The van der Waals surface area contributed by atoms with E-state index in [1.807, 2.05) is 30.5 Å². The molecule has 0 saturated carbocycles. The van der Waals surface area contributed by atoms with Crippen LogP contribution in [-0.2, 0) is 20.1 Å². The molecule has 1 radical (unpaired) electrons. The second kappa shape index (κ2) is 5.77. The summed E-state index contributed by atoms with van der Waals surface area (Å²) in [5.74, 6) is 0. The summed E-state index contributed by atoms with van der Waals surface area (Å²) in [6, 6.07) is 26.3. The summed E-state index contributed by atoms with van der Waals surface area (Å²) in [5, 5.41) is 4.93. The molecule has 0 aliphatic rings. The summed E-state index contributed by atoms with van der Waals surface area (Å²) >= 11 is 0. The third-order valence-electron chi connectivity index (χ3n) is 3.60. The minimum atomic E-state index is 0. The fraction of sp³-hybridized carbons (Fsp3) is 0. The number of hydrogen-bond acceptors (Lipinski definition) is 1. The zero-order chi connectivity index (χ0) is 13.4. The van der Waals surface area contributed by atoms with Crippen molar-refractivity contribution in [2.75, 3.05) is 0 Å². The van der Waals surface area contributed by atoms with Crippen molar-refractivity contribution in [3.63, 3.8) is 0 Å². The number of nitrogens with zero attached hydrogens (tertiary/aromatic N) is 1. The Bertz CT molecular complexity index is 901. The number of pyridine rings is 1. The van der Waals surface area contributed by atoms with E-state index in [0.29, 0.717) is 0 Å². The van der Waals surface area contributed by atoms with Crippen LogP contribution in [-0.4, -0.2) is 4.98 Å². The van der Waals surface area contributed by atoms with Crippen LogP contribution in [0.25, 0.3) is 32.8 Å². The van der Waals surface area contributed by atoms with Gasteiger partial charge < -0.3 is 4.98 Å². The first-order valence-corrected chi connectivity index (χ1v) is 6.66. The monoisotopic (exact) mass is 447 g/mol. The first-order valence-electron chi connectivity index (χ1n) is 6.66. The van der Waals surface area contributed by atoms with Crippen molar-refractivity contribution in [1.29, 1.82) is 0 Å². The number of fused-ring (bicyclic) bond motifs is 2. The molecule has 2 heteroatoms. The van der Waals surface area contributed by atoms with E-state index < -0.39 is 0 Å². The van der Waals surface area contributed by atoms with Gasteiger partial charge in [-0.25, -0.2) is 0 Å². The van der Waals surface area contributed by atoms with Gasteiger partial charge in [0.1, 0.15) is 0 Å². The van der Waals surface area contributed by atoms with Crippen LogP contribution >= 0.6 is 0 Å². The predicted octanol–water partition coefficient (Wildman–Crippen LogP) is 4.85. The molecule has 0 bridgehead atoms. The third kappa shape index (κ3) is 2.49. The van der Waals surface area contributed by atoms with E-state index in [9.17, 15) is 0 Å². The van der Waals surface area contributed by atoms with Crippen molar-refractivity contribution < 1.29 is 20.1 Å². The summed E-state index contributed by atoms with van der Waals surface area (Å²) in [4.78, 5) is 4.45. The molecule has 1 heterocycles. The Kier molecular flexibility index (Phi) is 3.83. The molecule has 1 aromatic heterocycles. The molecule has 4 rings (SSSR count). The van der Waals surface area contributed by atoms with Crippen molar-refractivity contribution in [1.82, 2.24) is 4.98 Å². The normalized spacial score (nSPS) is 10.5. The molecule has 103 valence electrons. The number of rotatable bonds is 1. The average Bonchev–Trinajstić information content (AvgIpc) is 2.53. The molecule has 0 fully saturated rings. The van der Waals surface area contributed by atoms with E-state index in [0.717, 1.165) is 11.3 Å². The van der Waals surface area contributed by atoms with Crippen molar-refractivity contribution in [3.8, 4) is 11.3 Å². The van der Waals surface area contributed by atoms with Crippen LogP contribution in [0.4, 0.5) is 0 Å². The number of benzene rings is 3. The van der Waals surface area contributed by atoms with E-state index in [-0.39, 0.29) is 20.1 Å². The first kappa shape index (κ1) is 13.9. The van der Waals surface area contributed by atoms with Gasteiger partial charge in [-0.3, -0.25) is 0 Å². The Labute approximate surface area is 137 Å². The maximum atomic E-state index is 4.45.